The average Bonchev–Trinajstić information content (AvgIpc) is 2.54. The minimum absolute atomic E-state index is 0.108. The van der Waals surface area contributed by atoms with Crippen LogP contribution in [0.1, 0.15) is 32.1 Å². The van der Waals surface area contributed by atoms with Gasteiger partial charge in [0.25, 0.3) is 0 Å². The van der Waals surface area contributed by atoms with Gasteiger partial charge in [0, 0.05) is 25.3 Å². The normalized spacial score (nSPS) is 36.7. The van der Waals surface area contributed by atoms with Crippen molar-refractivity contribution >= 4 is 0 Å². The zero-order chi connectivity index (χ0) is 9.10. The number of aliphatic hydroxyl groups excluding tert-OH is 1. The molecule has 0 aromatic heterocycles. The maximum atomic E-state index is 9.63. The summed E-state index contributed by atoms with van der Waals surface area (Å²) in [7, 11) is 0. The standard InChI is InChI=1S/C10H19NO2/c12-10-3-1-2-9(10)11-8-4-6-13-7-5-8/h8-12H,1-7H2/t9-,10-/m1/s1. The van der Waals surface area contributed by atoms with Crippen molar-refractivity contribution in [3.8, 4) is 0 Å². The molecular weight excluding hydrogens is 166 g/mol. The minimum atomic E-state index is -0.108. The molecule has 0 unspecified atom stereocenters. The quantitative estimate of drug-likeness (QED) is 0.664. The second-order valence-corrected chi connectivity index (χ2v) is 4.16. The fourth-order valence-corrected chi connectivity index (χ4v) is 2.30. The third-order valence-electron chi connectivity index (χ3n) is 3.15. The Morgan fingerprint density at radius 1 is 1.08 bits per heavy atom. The highest BCUT2D eigenvalue weighted by Crippen LogP contribution is 2.20. The van der Waals surface area contributed by atoms with Crippen LogP contribution >= 0.6 is 0 Å². The SMILES string of the molecule is O[C@@H]1CCC[C@H]1NC1CCOCC1. The number of nitrogens with one attached hydrogen (secondary N) is 1. The van der Waals surface area contributed by atoms with E-state index in [2.05, 4.69) is 5.32 Å². The van der Waals surface area contributed by atoms with E-state index in [0.29, 0.717) is 12.1 Å². The van der Waals surface area contributed by atoms with Crippen molar-refractivity contribution in [2.24, 2.45) is 0 Å². The number of ether oxygens (including phenoxy) is 1. The molecule has 2 rings (SSSR count). The first-order valence-corrected chi connectivity index (χ1v) is 5.38. The van der Waals surface area contributed by atoms with Gasteiger partial charge < -0.3 is 15.2 Å². The van der Waals surface area contributed by atoms with Gasteiger partial charge in [0.05, 0.1) is 6.10 Å². The Bertz CT molecular complexity index is 157. The van der Waals surface area contributed by atoms with Crippen molar-refractivity contribution in [1.82, 2.24) is 5.32 Å². The van der Waals surface area contributed by atoms with E-state index >= 15 is 0 Å². The first kappa shape index (κ1) is 9.44. The molecule has 2 fully saturated rings. The molecule has 13 heavy (non-hydrogen) atoms. The molecule has 2 atom stereocenters. The molecule has 1 aliphatic carbocycles. The van der Waals surface area contributed by atoms with E-state index in [4.69, 9.17) is 4.74 Å². The average molecular weight is 185 g/mol. The number of aliphatic hydroxyl groups is 1. The lowest BCUT2D eigenvalue weighted by Crippen LogP contribution is -2.44. The monoisotopic (exact) mass is 185 g/mol. The van der Waals surface area contributed by atoms with E-state index in [1.807, 2.05) is 0 Å². The van der Waals surface area contributed by atoms with Crippen molar-refractivity contribution in [2.45, 2.75) is 50.3 Å². The minimum Gasteiger partial charge on any atom is -0.392 e. The van der Waals surface area contributed by atoms with E-state index in [-0.39, 0.29) is 6.10 Å². The molecule has 0 spiro atoms. The van der Waals surface area contributed by atoms with Crippen molar-refractivity contribution < 1.29 is 9.84 Å². The maximum Gasteiger partial charge on any atom is 0.0693 e. The Labute approximate surface area is 79.5 Å². The van der Waals surface area contributed by atoms with E-state index in [1.54, 1.807) is 0 Å². The van der Waals surface area contributed by atoms with Crippen molar-refractivity contribution in [3.05, 3.63) is 0 Å². The second-order valence-electron chi connectivity index (χ2n) is 4.16. The lowest BCUT2D eigenvalue weighted by molar-refractivity contribution is 0.0655. The fraction of sp³-hybridized carbons (Fsp3) is 1.00. The Morgan fingerprint density at radius 3 is 2.46 bits per heavy atom. The molecule has 2 N–H and O–H groups in total. The molecule has 76 valence electrons. The molecule has 0 amide bonds. The molecule has 1 heterocycles. The third kappa shape index (κ3) is 2.42. The first-order valence-electron chi connectivity index (χ1n) is 5.38. The van der Waals surface area contributed by atoms with E-state index in [9.17, 15) is 5.11 Å². The van der Waals surface area contributed by atoms with E-state index in [0.717, 1.165) is 38.9 Å². The predicted molar refractivity (Wildman–Crippen MR) is 50.6 cm³/mol. The zero-order valence-corrected chi connectivity index (χ0v) is 8.04. The Hall–Kier alpha value is -0.120. The fourth-order valence-electron chi connectivity index (χ4n) is 2.30. The van der Waals surface area contributed by atoms with Gasteiger partial charge in [-0.2, -0.15) is 0 Å². The Morgan fingerprint density at radius 2 is 1.85 bits per heavy atom. The van der Waals surface area contributed by atoms with Gasteiger partial charge in [0.1, 0.15) is 0 Å². The van der Waals surface area contributed by atoms with Gasteiger partial charge in [-0.3, -0.25) is 0 Å². The largest absolute Gasteiger partial charge is 0.392 e. The summed E-state index contributed by atoms with van der Waals surface area (Å²) < 4.78 is 5.29. The molecule has 1 saturated heterocycles. The lowest BCUT2D eigenvalue weighted by Gasteiger charge is -2.27. The Kier molecular flexibility index (Phi) is 3.19. The summed E-state index contributed by atoms with van der Waals surface area (Å²) in [5, 5.41) is 13.2. The van der Waals surface area contributed by atoms with Crippen LogP contribution in [0.5, 0.6) is 0 Å². The molecule has 3 heteroatoms. The summed E-state index contributed by atoms with van der Waals surface area (Å²) in [6, 6.07) is 0.926. The van der Waals surface area contributed by atoms with Gasteiger partial charge in [-0.15, -0.1) is 0 Å². The smallest absolute Gasteiger partial charge is 0.0693 e. The zero-order valence-electron chi connectivity index (χ0n) is 8.04. The van der Waals surface area contributed by atoms with Gasteiger partial charge in [0.15, 0.2) is 0 Å². The molecule has 3 nitrogen and oxygen atoms in total. The van der Waals surface area contributed by atoms with Gasteiger partial charge in [0.2, 0.25) is 0 Å². The highest BCUT2D eigenvalue weighted by Gasteiger charge is 2.27. The van der Waals surface area contributed by atoms with E-state index in [1.165, 1.54) is 6.42 Å². The van der Waals surface area contributed by atoms with Crippen molar-refractivity contribution in [2.75, 3.05) is 13.2 Å². The Balaban J connectivity index is 1.75. The van der Waals surface area contributed by atoms with E-state index < -0.39 is 0 Å². The highest BCUT2D eigenvalue weighted by atomic mass is 16.5. The number of rotatable bonds is 2. The maximum absolute atomic E-state index is 9.63. The molecule has 0 aromatic rings. The lowest BCUT2D eigenvalue weighted by atomic mass is 10.1. The van der Waals surface area contributed by atoms with Crippen LogP contribution in [0.3, 0.4) is 0 Å². The predicted octanol–water partition coefficient (Wildman–Crippen LogP) is 0.668. The van der Waals surface area contributed by atoms with Crippen LogP contribution in [0.25, 0.3) is 0 Å². The van der Waals surface area contributed by atoms with Crippen molar-refractivity contribution in [3.63, 3.8) is 0 Å². The third-order valence-corrected chi connectivity index (χ3v) is 3.15. The molecule has 0 radical (unpaired) electrons. The summed E-state index contributed by atoms with van der Waals surface area (Å²) in [6.45, 7) is 1.75. The summed E-state index contributed by atoms with van der Waals surface area (Å²) in [5.74, 6) is 0. The van der Waals surface area contributed by atoms with Crippen LogP contribution in [-0.2, 0) is 4.74 Å². The van der Waals surface area contributed by atoms with Crippen LogP contribution in [0, 0.1) is 0 Å². The van der Waals surface area contributed by atoms with Crippen LogP contribution in [0.4, 0.5) is 0 Å². The van der Waals surface area contributed by atoms with Crippen LogP contribution in [0.15, 0.2) is 0 Å². The second kappa shape index (κ2) is 4.40. The van der Waals surface area contributed by atoms with Crippen LogP contribution in [0.2, 0.25) is 0 Å². The highest BCUT2D eigenvalue weighted by molar-refractivity contribution is 4.86. The summed E-state index contributed by atoms with van der Waals surface area (Å²) >= 11 is 0. The summed E-state index contributed by atoms with van der Waals surface area (Å²) in [6.07, 6.45) is 5.37. The summed E-state index contributed by atoms with van der Waals surface area (Å²) in [4.78, 5) is 0. The molecule has 2 aliphatic rings. The van der Waals surface area contributed by atoms with Crippen LogP contribution in [-0.4, -0.2) is 36.5 Å². The molecule has 1 saturated carbocycles. The number of hydrogen-bond donors (Lipinski definition) is 2. The molecule has 0 aromatic carbocycles. The van der Waals surface area contributed by atoms with Gasteiger partial charge in [-0.1, -0.05) is 0 Å². The first-order chi connectivity index (χ1) is 6.36. The van der Waals surface area contributed by atoms with Gasteiger partial charge in [-0.05, 0) is 32.1 Å². The molecule has 0 bridgehead atoms. The van der Waals surface area contributed by atoms with Crippen molar-refractivity contribution in [1.29, 1.82) is 0 Å². The molecule has 1 aliphatic heterocycles. The number of hydrogen-bond acceptors (Lipinski definition) is 3. The topological polar surface area (TPSA) is 41.5 Å². The molecular formula is C10H19NO2. The van der Waals surface area contributed by atoms with Crippen LogP contribution < -0.4 is 5.32 Å². The van der Waals surface area contributed by atoms with Gasteiger partial charge >= 0.3 is 0 Å². The van der Waals surface area contributed by atoms with Gasteiger partial charge in [-0.25, -0.2) is 0 Å². The summed E-state index contributed by atoms with van der Waals surface area (Å²) in [5.41, 5.74) is 0.